The second-order valence-corrected chi connectivity index (χ2v) is 13.6. The molecule has 0 N–H and O–H groups in total. The lowest BCUT2D eigenvalue weighted by Crippen LogP contribution is -2.04. The summed E-state index contributed by atoms with van der Waals surface area (Å²) in [5.74, 6) is -5.91. The maximum Gasteiger partial charge on any atom is 0.194 e. The van der Waals surface area contributed by atoms with E-state index in [0.717, 1.165) is 73.1 Å². The van der Waals surface area contributed by atoms with Crippen LogP contribution < -0.4 is 0 Å². The molecule has 1 aliphatic rings. The van der Waals surface area contributed by atoms with Crippen molar-refractivity contribution in [2.24, 2.45) is 0 Å². The van der Waals surface area contributed by atoms with Gasteiger partial charge in [0, 0.05) is 27.7 Å². The van der Waals surface area contributed by atoms with Crippen molar-refractivity contribution in [3.8, 4) is 38.1 Å². The molecule has 0 saturated heterocycles. The monoisotopic (exact) mass is 697 g/mol. The zero-order valence-corrected chi connectivity index (χ0v) is 27.9. The van der Waals surface area contributed by atoms with E-state index < -0.39 is 40.8 Å². The number of benzene rings is 4. The Morgan fingerprint density at radius 2 is 1.20 bits per heavy atom. The number of halogens is 6. The molecular weight excluding hydrogens is 665 g/mol. The number of rotatable bonds is 12. The van der Waals surface area contributed by atoms with Crippen molar-refractivity contribution in [3.63, 3.8) is 0 Å². The summed E-state index contributed by atoms with van der Waals surface area (Å²) in [7, 11) is 0. The molecule has 0 saturated carbocycles. The number of hydrogen-bond donors (Lipinski definition) is 0. The summed E-state index contributed by atoms with van der Waals surface area (Å²) < 4.78 is 84.8. The van der Waals surface area contributed by atoms with E-state index in [1.54, 1.807) is 36.4 Å². The van der Waals surface area contributed by atoms with Crippen LogP contribution in [0.1, 0.15) is 61.1 Å². The molecule has 1 heterocycles. The molecule has 1 nitrogen and oxygen atoms in total. The largest absolute Gasteiger partial charge is 0.210 e. The first kappa shape index (κ1) is 35.0. The Labute approximate surface area is 291 Å². The van der Waals surface area contributed by atoms with Crippen molar-refractivity contribution >= 4 is 11.3 Å². The van der Waals surface area contributed by atoms with Crippen molar-refractivity contribution < 1.29 is 26.3 Å². The Hall–Kier alpha value is -4.87. The molecule has 254 valence electrons. The number of thiophene rings is 1. The molecule has 0 fully saturated rings. The minimum atomic E-state index is -1.47. The minimum Gasteiger partial charge on any atom is -0.210 e. The highest BCUT2D eigenvalue weighted by Crippen LogP contribution is 2.37. The van der Waals surface area contributed by atoms with Gasteiger partial charge in [0.25, 0.3) is 0 Å². The Kier molecular flexibility index (Phi) is 11.0. The average Bonchev–Trinajstić information content (AvgIpc) is 3.61. The maximum absolute atomic E-state index is 15.1. The summed E-state index contributed by atoms with van der Waals surface area (Å²) in [6, 6.07) is 25.3. The van der Waals surface area contributed by atoms with Crippen LogP contribution in [-0.4, -0.2) is 0 Å². The van der Waals surface area contributed by atoms with E-state index in [2.05, 4.69) is 12.1 Å². The summed E-state index contributed by atoms with van der Waals surface area (Å²) in [4.78, 5) is 1.61. The van der Waals surface area contributed by atoms with Crippen LogP contribution in [0.5, 0.6) is 0 Å². The lowest BCUT2D eigenvalue weighted by atomic mass is 9.88. The molecule has 0 bridgehead atoms. The van der Waals surface area contributed by atoms with Crippen LogP contribution in [0.25, 0.3) is 32.0 Å². The number of unbranched alkanes of at least 4 members (excludes halogenated alkanes) is 4. The molecule has 0 spiro atoms. The summed E-state index contributed by atoms with van der Waals surface area (Å²) in [5, 5.41) is 8.95. The normalized spacial score (nSPS) is 14.3. The van der Waals surface area contributed by atoms with E-state index in [9.17, 15) is 17.6 Å². The van der Waals surface area contributed by atoms with Crippen molar-refractivity contribution in [1.29, 1.82) is 5.26 Å². The fourth-order valence-electron chi connectivity index (χ4n) is 6.30. The Balaban J connectivity index is 0.926. The van der Waals surface area contributed by atoms with E-state index in [4.69, 9.17) is 5.26 Å². The van der Waals surface area contributed by atoms with E-state index in [0.29, 0.717) is 27.1 Å². The van der Waals surface area contributed by atoms with Crippen molar-refractivity contribution in [2.75, 3.05) is 0 Å². The zero-order valence-electron chi connectivity index (χ0n) is 27.1. The van der Waals surface area contributed by atoms with Gasteiger partial charge < -0.3 is 0 Å². The van der Waals surface area contributed by atoms with E-state index in [1.807, 2.05) is 24.3 Å². The Morgan fingerprint density at radius 3 is 1.84 bits per heavy atom. The van der Waals surface area contributed by atoms with Crippen LogP contribution in [0.2, 0.25) is 0 Å². The molecule has 1 aromatic heterocycles. The first-order valence-electron chi connectivity index (χ1n) is 16.6. The molecule has 1 unspecified atom stereocenters. The number of nitriles is 1. The second kappa shape index (κ2) is 15.8. The van der Waals surface area contributed by atoms with Gasteiger partial charge in [-0.2, -0.15) is 5.26 Å². The van der Waals surface area contributed by atoms with Gasteiger partial charge in [-0.3, -0.25) is 0 Å². The minimum absolute atomic E-state index is 0.0421. The number of nitrogens with zero attached hydrogens (tertiary/aromatic N) is 1. The van der Waals surface area contributed by atoms with E-state index in [-0.39, 0.29) is 12.0 Å². The smallest absolute Gasteiger partial charge is 0.194 e. The number of hydrogen-bond acceptors (Lipinski definition) is 2. The molecule has 50 heavy (non-hydrogen) atoms. The number of aryl methyl sites for hydroxylation is 2. The predicted molar refractivity (Wildman–Crippen MR) is 188 cm³/mol. The fourth-order valence-corrected chi connectivity index (χ4v) is 7.30. The summed E-state index contributed by atoms with van der Waals surface area (Å²) in [6.07, 6.45) is 9.77. The predicted octanol–water partition coefficient (Wildman–Crippen LogP) is 13.0. The van der Waals surface area contributed by atoms with E-state index in [1.165, 1.54) is 35.1 Å². The van der Waals surface area contributed by atoms with Gasteiger partial charge in [-0.25, -0.2) is 26.3 Å². The quantitative estimate of drug-likeness (QED) is 0.0723. The topological polar surface area (TPSA) is 23.8 Å². The Bertz CT molecular complexity index is 2080. The lowest BCUT2D eigenvalue weighted by molar-refractivity contribution is 0.448. The average molecular weight is 698 g/mol. The van der Waals surface area contributed by atoms with Crippen LogP contribution in [0.3, 0.4) is 0 Å². The van der Waals surface area contributed by atoms with E-state index >= 15 is 8.78 Å². The van der Waals surface area contributed by atoms with Crippen molar-refractivity contribution in [3.05, 3.63) is 154 Å². The van der Waals surface area contributed by atoms with Crippen LogP contribution in [0.4, 0.5) is 26.3 Å². The number of allylic oxidation sites excluding steroid dienone is 4. The van der Waals surface area contributed by atoms with Gasteiger partial charge in [0.05, 0.1) is 5.57 Å². The van der Waals surface area contributed by atoms with Crippen LogP contribution >= 0.6 is 11.3 Å². The third-order valence-electron chi connectivity index (χ3n) is 9.10. The summed E-state index contributed by atoms with van der Waals surface area (Å²) in [6.45, 7) is 0. The third kappa shape index (κ3) is 8.11. The molecule has 0 amide bonds. The van der Waals surface area contributed by atoms with Crippen molar-refractivity contribution in [1.82, 2.24) is 0 Å². The van der Waals surface area contributed by atoms with Crippen LogP contribution in [-0.2, 0) is 12.8 Å². The van der Waals surface area contributed by atoms with Gasteiger partial charge in [0.2, 0.25) is 0 Å². The van der Waals surface area contributed by atoms with Gasteiger partial charge in [-0.05, 0) is 102 Å². The van der Waals surface area contributed by atoms with Gasteiger partial charge in [-0.15, -0.1) is 11.3 Å². The molecule has 1 aliphatic carbocycles. The van der Waals surface area contributed by atoms with Gasteiger partial charge in [-0.1, -0.05) is 73.9 Å². The standard InChI is InChI=1S/C42H33F6NS/c43-35-21-29(13-14-31(35)25-49)34-17-15-30(22-37(34)45)33-16-10-27(20-36(33)44)7-5-3-1-2-4-6-26-8-11-28(12-9-26)40-18-19-41(50-40)32-23-38(46)42(48)39(47)24-32/h8-20,22-24,29H,1-7,21H2. The third-order valence-corrected chi connectivity index (χ3v) is 10.3. The van der Waals surface area contributed by atoms with Crippen molar-refractivity contribution in [2.45, 2.75) is 57.3 Å². The zero-order chi connectivity index (χ0) is 35.2. The first-order valence-corrected chi connectivity index (χ1v) is 17.4. The molecule has 8 heteroatoms. The van der Waals surface area contributed by atoms with Gasteiger partial charge in [0.15, 0.2) is 17.5 Å². The summed E-state index contributed by atoms with van der Waals surface area (Å²) >= 11 is 1.39. The first-order chi connectivity index (χ1) is 24.2. The fraction of sp³-hybridized carbons (Fsp3) is 0.214. The molecular formula is C42H33F6NS. The molecule has 6 rings (SSSR count). The lowest BCUT2D eigenvalue weighted by Gasteiger charge is -2.17. The molecule has 0 radical (unpaired) electrons. The van der Waals surface area contributed by atoms with Crippen LogP contribution in [0.15, 0.2) is 108 Å². The van der Waals surface area contributed by atoms with Gasteiger partial charge >= 0.3 is 0 Å². The SMILES string of the molecule is N#CC1=C(F)CC(c2ccc(-c3ccc(CCCCCCCc4ccc(-c5ccc(-c6cc(F)c(F)c(F)c6)s5)cc4)cc3F)cc2F)C=C1. The van der Waals surface area contributed by atoms with Gasteiger partial charge in [0.1, 0.15) is 23.5 Å². The highest BCUT2D eigenvalue weighted by molar-refractivity contribution is 7.18. The Morgan fingerprint density at radius 1 is 0.600 bits per heavy atom. The molecule has 5 aromatic rings. The highest BCUT2D eigenvalue weighted by Gasteiger charge is 2.21. The second-order valence-electron chi connectivity index (χ2n) is 12.5. The van der Waals surface area contributed by atoms with Crippen LogP contribution in [0, 0.1) is 40.4 Å². The molecule has 0 aliphatic heterocycles. The summed E-state index contributed by atoms with van der Waals surface area (Å²) in [5.41, 5.74) is 4.41. The molecule has 1 atom stereocenters. The maximum atomic E-state index is 15.1. The molecule has 4 aromatic carbocycles. The highest BCUT2D eigenvalue weighted by atomic mass is 32.1.